The Kier molecular flexibility index (Phi) is 3.69. The molecule has 0 saturated heterocycles. The number of hydrogen-bond donors (Lipinski definition) is 1. The average molecular weight is 265 g/mol. The lowest BCUT2D eigenvalue weighted by atomic mass is 10.2. The van der Waals surface area contributed by atoms with Gasteiger partial charge in [-0.1, -0.05) is 11.6 Å². The fourth-order valence-electron chi connectivity index (χ4n) is 1.39. The van der Waals surface area contributed by atoms with Crippen LogP contribution in [-0.2, 0) is 6.54 Å². The molecule has 2 aromatic rings. The Balaban J connectivity index is 2.18. The van der Waals surface area contributed by atoms with Gasteiger partial charge in [-0.3, -0.25) is 15.1 Å². The zero-order chi connectivity index (χ0) is 13.0. The highest BCUT2D eigenvalue weighted by Crippen LogP contribution is 2.24. The normalized spacial score (nSPS) is 10.1. The van der Waals surface area contributed by atoms with E-state index in [4.69, 9.17) is 11.6 Å². The van der Waals surface area contributed by atoms with E-state index in [1.165, 1.54) is 12.1 Å². The van der Waals surface area contributed by atoms with Crippen LogP contribution in [0.4, 0.5) is 11.5 Å². The van der Waals surface area contributed by atoms with Crippen LogP contribution < -0.4 is 5.32 Å². The number of anilines is 1. The van der Waals surface area contributed by atoms with Gasteiger partial charge in [0.15, 0.2) is 0 Å². The molecule has 0 spiro atoms. The van der Waals surface area contributed by atoms with Crippen molar-refractivity contribution < 1.29 is 4.92 Å². The van der Waals surface area contributed by atoms with E-state index in [2.05, 4.69) is 15.3 Å². The summed E-state index contributed by atoms with van der Waals surface area (Å²) in [7, 11) is 0. The van der Waals surface area contributed by atoms with E-state index >= 15 is 0 Å². The maximum atomic E-state index is 10.8. The molecule has 0 aliphatic rings. The number of nitro groups is 1. The molecule has 0 amide bonds. The van der Waals surface area contributed by atoms with Crippen molar-refractivity contribution in [1.82, 2.24) is 9.97 Å². The molecule has 2 aromatic heterocycles. The minimum atomic E-state index is -0.502. The van der Waals surface area contributed by atoms with Gasteiger partial charge in [0.2, 0.25) is 5.82 Å². The first-order valence-electron chi connectivity index (χ1n) is 5.10. The Labute approximate surface area is 108 Å². The van der Waals surface area contributed by atoms with Crippen LogP contribution in [0, 0.1) is 10.1 Å². The van der Waals surface area contributed by atoms with Crippen LogP contribution in [0.1, 0.15) is 5.56 Å². The fourth-order valence-corrected chi connectivity index (χ4v) is 1.54. The maximum absolute atomic E-state index is 10.8. The predicted molar refractivity (Wildman–Crippen MR) is 67.5 cm³/mol. The molecule has 0 unspecified atom stereocenters. The molecule has 7 heteroatoms. The number of nitrogens with one attached hydrogen (secondary N) is 1. The van der Waals surface area contributed by atoms with Crippen molar-refractivity contribution in [2.45, 2.75) is 6.54 Å². The summed E-state index contributed by atoms with van der Waals surface area (Å²) in [5, 5.41) is 13.9. The number of halogens is 1. The first-order valence-corrected chi connectivity index (χ1v) is 5.48. The van der Waals surface area contributed by atoms with Gasteiger partial charge >= 0.3 is 5.69 Å². The van der Waals surface area contributed by atoms with Crippen molar-refractivity contribution in [3.63, 3.8) is 0 Å². The van der Waals surface area contributed by atoms with Crippen LogP contribution in [0.2, 0.25) is 5.15 Å². The highest BCUT2D eigenvalue weighted by Gasteiger charge is 2.15. The second-order valence-electron chi connectivity index (χ2n) is 3.47. The van der Waals surface area contributed by atoms with Crippen LogP contribution in [0.15, 0.2) is 36.7 Å². The zero-order valence-corrected chi connectivity index (χ0v) is 9.96. The fraction of sp³-hybridized carbons (Fsp3) is 0.0909. The summed E-state index contributed by atoms with van der Waals surface area (Å²) in [6.07, 6.45) is 3.30. The topological polar surface area (TPSA) is 81.0 Å². The van der Waals surface area contributed by atoms with E-state index in [0.29, 0.717) is 6.54 Å². The van der Waals surface area contributed by atoms with Gasteiger partial charge in [-0.05, 0) is 23.8 Å². The quantitative estimate of drug-likeness (QED) is 0.522. The summed E-state index contributed by atoms with van der Waals surface area (Å²) in [5.41, 5.74) is 0.842. The van der Waals surface area contributed by atoms with E-state index in [1.54, 1.807) is 12.4 Å². The van der Waals surface area contributed by atoms with Gasteiger partial charge in [0.25, 0.3) is 0 Å². The number of nitrogens with zero attached hydrogens (tertiary/aromatic N) is 3. The molecule has 6 nitrogen and oxygen atoms in total. The SMILES string of the molecule is O=[N+]([O-])c1ccc(Cl)nc1NCc1ccncc1. The smallest absolute Gasteiger partial charge is 0.311 e. The Bertz CT molecular complexity index is 562. The Morgan fingerprint density at radius 1 is 1.28 bits per heavy atom. The second kappa shape index (κ2) is 5.42. The number of aromatic nitrogens is 2. The molecule has 0 fully saturated rings. The molecular weight excluding hydrogens is 256 g/mol. The van der Waals surface area contributed by atoms with Crippen molar-refractivity contribution in [1.29, 1.82) is 0 Å². The van der Waals surface area contributed by atoms with Gasteiger partial charge in [0.05, 0.1) is 4.92 Å². The van der Waals surface area contributed by atoms with Gasteiger partial charge in [0, 0.05) is 25.0 Å². The summed E-state index contributed by atoms with van der Waals surface area (Å²) in [6, 6.07) is 6.33. The van der Waals surface area contributed by atoms with Crippen LogP contribution in [0.5, 0.6) is 0 Å². The van der Waals surface area contributed by atoms with Crippen molar-refractivity contribution in [3.05, 3.63) is 57.5 Å². The van der Waals surface area contributed by atoms with Crippen molar-refractivity contribution in [2.75, 3.05) is 5.32 Å². The third-order valence-corrected chi connectivity index (χ3v) is 2.46. The summed E-state index contributed by atoms with van der Waals surface area (Å²) < 4.78 is 0. The van der Waals surface area contributed by atoms with Gasteiger partial charge in [-0.15, -0.1) is 0 Å². The lowest BCUT2D eigenvalue weighted by Crippen LogP contribution is -2.04. The molecule has 18 heavy (non-hydrogen) atoms. The summed E-state index contributed by atoms with van der Waals surface area (Å²) in [6.45, 7) is 0.413. The van der Waals surface area contributed by atoms with Crippen LogP contribution >= 0.6 is 11.6 Å². The number of rotatable bonds is 4. The molecule has 0 aliphatic heterocycles. The third kappa shape index (κ3) is 2.92. The van der Waals surface area contributed by atoms with Gasteiger partial charge < -0.3 is 5.32 Å². The van der Waals surface area contributed by atoms with E-state index in [9.17, 15) is 10.1 Å². The van der Waals surface area contributed by atoms with E-state index in [-0.39, 0.29) is 16.7 Å². The minimum Gasteiger partial charge on any atom is -0.360 e. The van der Waals surface area contributed by atoms with Gasteiger partial charge in [-0.25, -0.2) is 4.98 Å². The average Bonchev–Trinajstić information content (AvgIpc) is 2.37. The molecule has 2 rings (SSSR count). The summed E-state index contributed by atoms with van der Waals surface area (Å²) in [5.74, 6) is 0.157. The third-order valence-electron chi connectivity index (χ3n) is 2.25. The zero-order valence-electron chi connectivity index (χ0n) is 9.21. The minimum absolute atomic E-state index is 0.103. The van der Waals surface area contributed by atoms with Gasteiger partial charge in [-0.2, -0.15) is 0 Å². The Hall–Kier alpha value is -2.21. The van der Waals surface area contributed by atoms with Crippen molar-refractivity contribution >= 4 is 23.1 Å². The van der Waals surface area contributed by atoms with Gasteiger partial charge in [0.1, 0.15) is 5.15 Å². The summed E-state index contributed by atoms with van der Waals surface area (Å²) in [4.78, 5) is 18.1. The molecule has 0 aromatic carbocycles. The lowest BCUT2D eigenvalue weighted by molar-refractivity contribution is -0.384. The molecule has 92 valence electrons. The first-order chi connectivity index (χ1) is 8.66. The molecule has 0 radical (unpaired) electrons. The molecule has 0 aliphatic carbocycles. The lowest BCUT2D eigenvalue weighted by Gasteiger charge is -2.06. The van der Waals surface area contributed by atoms with E-state index < -0.39 is 4.92 Å². The largest absolute Gasteiger partial charge is 0.360 e. The van der Waals surface area contributed by atoms with Crippen LogP contribution in [0.3, 0.4) is 0 Å². The maximum Gasteiger partial charge on any atom is 0.311 e. The standard InChI is InChI=1S/C11H9ClN4O2/c12-10-2-1-9(16(17)18)11(15-10)14-7-8-3-5-13-6-4-8/h1-6H,7H2,(H,14,15). The predicted octanol–water partition coefficient (Wildman–Crippen LogP) is 2.65. The molecule has 1 N–H and O–H groups in total. The van der Waals surface area contributed by atoms with Crippen LogP contribution in [0.25, 0.3) is 0 Å². The Morgan fingerprint density at radius 2 is 2.00 bits per heavy atom. The van der Waals surface area contributed by atoms with Crippen molar-refractivity contribution in [3.8, 4) is 0 Å². The molecule has 2 heterocycles. The second-order valence-corrected chi connectivity index (χ2v) is 3.86. The van der Waals surface area contributed by atoms with Crippen molar-refractivity contribution in [2.24, 2.45) is 0 Å². The van der Waals surface area contributed by atoms with E-state index in [1.807, 2.05) is 12.1 Å². The first kappa shape index (κ1) is 12.3. The highest BCUT2D eigenvalue weighted by atomic mass is 35.5. The number of pyridine rings is 2. The summed E-state index contributed by atoms with van der Waals surface area (Å²) >= 11 is 5.72. The molecule has 0 saturated carbocycles. The molecular formula is C11H9ClN4O2. The highest BCUT2D eigenvalue weighted by molar-refractivity contribution is 6.29. The van der Waals surface area contributed by atoms with Crippen LogP contribution in [-0.4, -0.2) is 14.9 Å². The van der Waals surface area contributed by atoms with E-state index in [0.717, 1.165) is 5.56 Å². The molecule has 0 bridgehead atoms. The monoisotopic (exact) mass is 264 g/mol. The molecule has 0 atom stereocenters. The number of hydrogen-bond acceptors (Lipinski definition) is 5. The Morgan fingerprint density at radius 3 is 2.67 bits per heavy atom.